The highest BCUT2D eigenvalue weighted by Gasteiger charge is 2.26. The molecule has 128 valence electrons. The number of amides is 2. The number of thioether (sulfide) groups is 1. The van der Waals surface area contributed by atoms with Crippen molar-refractivity contribution in [3.05, 3.63) is 18.4 Å². The van der Waals surface area contributed by atoms with Crippen molar-refractivity contribution in [1.82, 2.24) is 20.1 Å². The Bertz CT molecular complexity index is 713. The highest BCUT2D eigenvalue weighted by atomic mass is 32.2. The molecule has 0 saturated carbocycles. The molecule has 1 aliphatic heterocycles. The average molecular weight is 349 g/mol. The maximum absolute atomic E-state index is 12.1. The Labute approximate surface area is 143 Å². The van der Waals surface area contributed by atoms with Gasteiger partial charge in [-0.05, 0) is 25.0 Å². The molecule has 2 aromatic rings. The van der Waals surface area contributed by atoms with E-state index >= 15 is 0 Å². The number of hydrogen-bond donors (Lipinski definition) is 2. The van der Waals surface area contributed by atoms with Crippen LogP contribution in [-0.4, -0.2) is 38.4 Å². The van der Waals surface area contributed by atoms with Gasteiger partial charge in [0.15, 0.2) is 16.7 Å². The van der Waals surface area contributed by atoms with Crippen LogP contribution in [0.3, 0.4) is 0 Å². The van der Waals surface area contributed by atoms with E-state index in [1.54, 1.807) is 23.0 Å². The van der Waals surface area contributed by atoms with Crippen LogP contribution < -0.4 is 11.1 Å². The predicted octanol–water partition coefficient (Wildman–Crippen LogP) is 1.17. The molecule has 0 bridgehead atoms. The third-order valence-electron chi connectivity index (χ3n) is 3.77. The van der Waals surface area contributed by atoms with Crippen molar-refractivity contribution in [2.75, 3.05) is 6.54 Å². The topological polar surface area (TPSA) is 116 Å². The molecule has 1 unspecified atom stereocenters. The molecule has 1 atom stereocenters. The van der Waals surface area contributed by atoms with E-state index in [1.807, 2.05) is 0 Å². The zero-order valence-corrected chi connectivity index (χ0v) is 13.9. The Kier molecular flexibility index (Phi) is 5.19. The number of nitrogens with zero attached hydrogens (tertiary/aromatic N) is 3. The standard InChI is InChI=1S/C15H19N5O3S/c16-12(21)6-8-20-13(10-4-3-9-23-10)18-19-15(20)24-11-5-1-2-7-17-14(11)22/h3-4,9,11H,1-2,5-8H2,(H2,16,21)(H,17,22). The third kappa shape index (κ3) is 3.78. The van der Waals surface area contributed by atoms with Gasteiger partial charge < -0.3 is 15.5 Å². The summed E-state index contributed by atoms with van der Waals surface area (Å²) in [6, 6.07) is 3.53. The molecule has 3 heterocycles. The van der Waals surface area contributed by atoms with Crippen molar-refractivity contribution in [3.8, 4) is 11.6 Å². The molecule has 3 rings (SSSR count). The first-order valence-corrected chi connectivity index (χ1v) is 8.73. The monoisotopic (exact) mass is 349 g/mol. The molecule has 0 spiro atoms. The Morgan fingerprint density at radius 1 is 1.46 bits per heavy atom. The van der Waals surface area contributed by atoms with Gasteiger partial charge in [0, 0.05) is 19.5 Å². The summed E-state index contributed by atoms with van der Waals surface area (Å²) in [5.41, 5.74) is 5.27. The van der Waals surface area contributed by atoms with Crippen LogP contribution in [0.2, 0.25) is 0 Å². The first kappa shape index (κ1) is 16.6. The molecule has 2 aromatic heterocycles. The van der Waals surface area contributed by atoms with Crippen molar-refractivity contribution >= 4 is 23.6 Å². The molecular weight excluding hydrogens is 330 g/mol. The zero-order chi connectivity index (χ0) is 16.9. The quantitative estimate of drug-likeness (QED) is 0.809. The summed E-state index contributed by atoms with van der Waals surface area (Å²) in [4.78, 5) is 23.3. The fourth-order valence-corrected chi connectivity index (χ4v) is 3.66. The van der Waals surface area contributed by atoms with Crippen LogP contribution in [-0.2, 0) is 16.1 Å². The van der Waals surface area contributed by atoms with E-state index in [-0.39, 0.29) is 17.6 Å². The van der Waals surface area contributed by atoms with Crippen molar-refractivity contribution in [1.29, 1.82) is 0 Å². The predicted molar refractivity (Wildman–Crippen MR) is 88.0 cm³/mol. The van der Waals surface area contributed by atoms with Crippen LogP contribution >= 0.6 is 11.8 Å². The Morgan fingerprint density at radius 2 is 2.33 bits per heavy atom. The lowest BCUT2D eigenvalue weighted by molar-refractivity contribution is -0.120. The number of furan rings is 1. The summed E-state index contributed by atoms with van der Waals surface area (Å²) < 4.78 is 7.17. The maximum atomic E-state index is 12.1. The molecule has 0 radical (unpaired) electrons. The van der Waals surface area contributed by atoms with Crippen LogP contribution in [0.15, 0.2) is 28.0 Å². The summed E-state index contributed by atoms with van der Waals surface area (Å²) in [7, 11) is 0. The highest BCUT2D eigenvalue weighted by Crippen LogP contribution is 2.30. The number of rotatable bonds is 6. The minimum absolute atomic E-state index is 0.0153. The van der Waals surface area contributed by atoms with Crippen molar-refractivity contribution < 1.29 is 14.0 Å². The second-order valence-corrected chi connectivity index (χ2v) is 6.71. The van der Waals surface area contributed by atoms with Crippen LogP contribution in [0.25, 0.3) is 11.6 Å². The lowest BCUT2D eigenvalue weighted by Crippen LogP contribution is -2.30. The van der Waals surface area contributed by atoms with Crippen molar-refractivity contribution in [2.24, 2.45) is 5.73 Å². The summed E-state index contributed by atoms with van der Waals surface area (Å²) in [5, 5.41) is 11.6. The van der Waals surface area contributed by atoms with Gasteiger partial charge in [-0.15, -0.1) is 10.2 Å². The van der Waals surface area contributed by atoms with E-state index in [2.05, 4.69) is 15.5 Å². The van der Waals surface area contributed by atoms with E-state index in [0.717, 1.165) is 19.3 Å². The first-order chi connectivity index (χ1) is 11.6. The fraction of sp³-hybridized carbons (Fsp3) is 0.467. The minimum atomic E-state index is -0.405. The van der Waals surface area contributed by atoms with Gasteiger partial charge in [0.05, 0.1) is 11.5 Å². The number of carbonyl (C=O) groups excluding carboxylic acids is 2. The third-order valence-corrected chi connectivity index (χ3v) is 5.02. The SMILES string of the molecule is NC(=O)CCn1c(SC2CCCCNC2=O)nnc1-c1ccco1. The maximum Gasteiger partial charge on any atom is 0.233 e. The first-order valence-electron chi connectivity index (χ1n) is 7.85. The number of primary amides is 1. The second-order valence-electron chi connectivity index (χ2n) is 5.54. The van der Waals surface area contributed by atoms with E-state index in [4.69, 9.17) is 10.2 Å². The number of hydrogen-bond acceptors (Lipinski definition) is 6. The Morgan fingerprint density at radius 3 is 3.08 bits per heavy atom. The number of aromatic nitrogens is 3. The molecule has 2 amide bonds. The molecular formula is C15H19N5O3S. The van der Waals surface area contributed by atoms with Gasteiger partial charge in [0.25, 0.3) is 0 Å². The number of carbonyl (C=O) groups is 2. The summed E-state index contributed by atoms with van der Waals surface area (Å²) in [5.74, 6) is 0.695. The van der Waals surface area contributed by atoms with Gasteiger partial charge in [0.1, 0.15) is 0 Å². The van der Waals surface area contributed by atoms with E-state index in [0.29, 0.717) is 29.8 Å². The molecule has 24 heavy (non-hydrogen) atoms. The summed E-state index contributed by atoms with van der Waals surface area (Å²) in [6.45, 7) is 1.05. The molecule has 1 aliphatic rings. The molecule has 0 aliphatic carbocycles. The van der Waals surface area contributed by atoms with Crippen LogP contribution in [0.5, 0.6) is 0 Å². The highest BCUT2D eigenvalue weighted by molar-refractivity contribution is 8.00. The normalized spacial score (nSPS) is 18.2. The van der Waals surface area contributed by atoms with E-state index < -0.39 is 5.91 Å². The largest absolute Gasteiger partial charge is 0.461 e. The van der Waals surface area contributed by atoms with Crippen molar-refractivity contribution in [2.45, 2.75) is 42.6 Å². The molecule has 3 N–H and O–H groups in total. The number of nitrogens with one attached hydrogen (secondary N) is 1. The molecule has 0 aromatic carbocycles. The lowest BCUT2D eigenvalue weighted by atomic mass is 10.2. The smallest absolute Gasteiger partial charge is 0.233 e. The molecule has 1 fully saturated rings. The van der Waals surface area contributed by atoms with Gasteiger partial charge in [0.2, 0.25) is 11.8 Å². The van der Waals surface area contributed by atoms with Crippen molar-refractivity contribution in [3.63, 3.8) is 0 Å². The zero-order valence-electron chi connectivity index (χ0n) is 13.1. The molecule has 9 heteroatoms. The van der Waals surface area contributed by atoms with Gasteiger partial charge in [-0.3, -0.25) is 14.2 Å². The summed E-state index contributed by atoms with van der Waals surface area (Å²) in [6.07, 6.45) is 4.46. The van der Waals surface area contributed by atoms with Gasteiger partial charge in [-0.25, -0.2) is 0 Å². The van der Waals surface area contributed by atoms with E-state index in [9.17, 15) is 9.59 Å². The molecule has 1 saturated heterocycles. The molecule has 8 nitrogen and oxygen atoms in total. The summed E-state index contributed by atoms with van der Waals surface area (Å²) >= 11 is 1.37. The fourth-order valence-electron chi connectivity index (χ4n) is 2.54. The average Bonchev–Trinajstić information content (AvgIpc) is 3.16. The second kappa shape index (κ2) is 7.52. The van der Waals surface area contributed by atoms with Gasteiger partial charge in [-0.2, -0.15) is 0 Å². The van der Waals surface area contributed by atoms with Crippen LogP contribution in [0.4, 0.5) is 0 Å². The van der Waals surface area contributed by atoms with E-state index in [1.165, 1.54) is 11.8 Å². The van der Waals surface area contributed by atoms with Crippen LogP contribution in [0.1, 0.15) is 25.7 Å². The number of nitrogens with two attached hydrogens (primary N) is 1. The van der Waals surface area contributed by atoms with Crippen LogP contribution in [0, 0.1) is 0 Å². The van der Waals surface area contributed by atoms with Gasteiger partial charge in [-0.1, -0.05) is 18.2 Å². The lowest BCUT2D eigenvalue weighted by Gasteiger charge is -2.13. The Balaban J connectivity index is 1.86. The minimum Gasteiger partial charge on any atom is -0.461 e. The van der Waals surface area contributed by atoms with Gasteiger partial charge >= 0.3 is 0 Å². The Hall–Kier alpha value is -2.29.